The molecule has 0 aliphatic carbocycles. The Hall–Kier alpha value is -2.77. The normalized spacial score (nSPS) is 25.6. The third-order valence-electron chi connectivity index (χ3n) is 22.0. The van der Waals surface area contributed by atoms with Crippen molar-refractivity contribution < 1.29 is 89.4 Å². The number of carbonyl (C=O) groups excluding carboxylic acids is 1. The number of aliphatic hydroxyl groups is 11. The Morgan fingerprint density at radius 3 is 0.991 bits per heavy atom. The average Bonchev–Trinajstić information content (AvgIpc) is 0.760. The molecule has 3 heterocycles. The minimum Gasteiger partial charge on any atom is -0.394 e. The van der Waals surface area contributed by atoms with E-state index in [1.165, 1.54) is 244 Å². The largest absolute Gasteiger partial charge is 0.394 e. The molecule has 0 aromatic rings. The summed E-state index contributed by atoms with van der Waals surface area (Å²) in [6, 6.07) is -0.891. The van der Waals surface area contributed by atoms with Gasteiger partial charge in [0.1, 0.15) is 73.2 Å². The van der Waals surface area contributed by atoms with E-state index in [0.29, 0.717) is 12.8 Å². The monoisotopic (exact) mass is 1550 g/mol. The van der Waals surface area contributed by atoms with Crippen molar-refractivity contribution in [3.63, 3.8) is 0 Å². The van der Waals surface area contributed by atoms with Crippen LogP contribution < -0.4 is 5.32 Å². The number of hydrogen-bond donors (Lipinski definition) is 12. The highest BCUT2D eigenvalue weighted by atomic mass is 16.8. The molecule has 636 valence electrons. The zero-order chi connectivity index (χ0) is 78.8. The predicted molar refractivity (Wildman–Crippen MR) is 438 cm³/mol. The summed E-state index contributed by atoms with van der Waals surface area (Å²) in [5, 5.41) is 121. The van der Waals surface area contributed by atoms with Crippen LogP contribution in [0.15, 0.2) is 72.9 Å². The molecular weight excluding hydrogens is 1380 g/mol. The first-order chi connectivity index (χ1) is 53.3. The highest BCUT2D eigenvalue weighted by Crippen LogP contribution is 2.34. The fourth-order valence-corrected chi connectivity index (χ4v) is 15.0. The van der Waals surface area contributed by atoms with Gasteiger partial charge in [0.15, 0.2) is 18.9 Å². The third kappa shape index (κ3) is 48.4. The number of rotatable bonds is 72. The first kappa shape index (κ1) is 100. The smallest absolute Gasteiger partial charge is 0.220 e. The molecular formula is C90H163NO18. The molecule has 0 bridgehead atoms. The number of allylic oxidation sites excluding steroid dienone is 12. The van der Waals surface area contributed by atoms with Crippen molar-refractivity contribution in [1.29, 1.82) is 0 Å². The first-order valence-corrected chi connectivity index (χ1v) is 44.7. The van der Waals surface area contributed by atoms with Gasteiger partial charge in [-0.2, -0.15) is 0 Å². The van der Waals surface area contributed by atoms with Crippen LogP contribution in [0.2, 0.25) is 0 Å². The molecule has 109 heavy (non-hydrogen) atoms. The van der Waals surface area contributed by atoms with Crippen LogP contribution in [0, 0.1) is 0 Å². The number of aliphatic hydroxyl groups excluding tert-OH is 11. The van der Waals surface area contributed by atoms with E-state index < -0.39 is 124 Å². The van der Waals surface area contributed by atoms with Crippen LogP contribution in [-0.4, -0.2) is 193 Å². The maximum atomic E-state index is 13.5. The molecule has 3 fully saturated rings. The predicted octanol–water partition coefficient (Wildman–Crippen LogP) is 16.7. The molecule has 17 atom stereocenters. The van der Waals surface area contributed by atoms with Gasteiger partial charge < -0.3 is 89.9 Å². The molecule has 19 nitrogen and oxygen atoms in total. The van der Waals surface area contributed by atoms with Crippen molar-refractivity contribution in [2.45, 2.75) is 465 Å². The molecule has 3 aliphatic heterocycles. The number of ether oxygens (including phenoxy) is 6. The Morgan fingerprint density at radius 1 is 0.339 bits per heavy atom. The quantitative estimate of drug-likeness (QED) is 0.0199. The fraction of sp³-hybridized carbons (Fsp3) is 0.856. The highest BCUT2D eigenvalue weighted by Gasteiger charge is 2.54. The lowest BCUT2D eigenvalue weighted by Gasteiger charge is -2.48. The molecule has 12 N–H and O–H groups in total. The summed E-state index contributed by atoms with van der Waals surface area (Å²) in [4.78, 5) is 13.5. The Labute approximate surface area is 661 Å². The zero-order valence-corrected chi connectivity index (χ0v) is 68.5. The van der Waals surface area contributed by atoms with Gasteiger partial charge in [0.05, 0.1) is 38.6 Å². The van der Waals surface area contributed by atoms with Crippen molar-refractivity contribution in [2.24, 2.45) is 0 Å². The summed E-state index contributed by atoms with van der Waals surface area (Å²) < 4.78 is 34.6. The van der Waals surface area contributed by atoms with Crippen molar-refractivity contribution in [1.82, 2.24) is 5.32 Å². The minimum atomic E-state index is -1.97. The Bertz CT molecular complexity index is 2250. The van der Waals surface area contributed by atoms with Gasteiger partial charge in [-0.05, 0) is 64.2 Å². The van der Waals surface area contributed by atoms with Crippen LogP contribution in [0.3, 0.4) is 0 Å². The lowest BCUT2D eigenvalue weighted by Crippen LogP contribution is -2.66. The van der Waals surface area contributed by atoms with Crippen LogP contribution in [0.5, 0.6) is 0 Å². The number of carbonyl (C=O) groups is 1. The second-order valence-electron chi connectivity index (χ2n) is 31.7. The minimum absolute atomic E-state index is 0.238. The summed E-state index contributed by atoms with van der Waals surface area (Å²) in [6.07, 6.45) is 65.7. The number of unbranched alkanes of at least 4 members (excludes halogenated alkanes) is 44. The summed E-state index contributed by atoms with van der Waals surface area (Å²) >= 11 is 0. The highest BCUT2D eigenvalue weighted by molar-refractivity contribution is 5.76. The van der Waals surface area contributed by atoms with E-state index in [9.17, 15) is 61.0 Å². The number of nitrogens with one attached hydrogen (secondary N) is 1. The van der Waals surface area contributed by atoms with E-state index in [0.717, 1.165) is 83.5 Å². The van der Waals surface area contributed by atoms with E-state index in [4.69, 9.17) is 28.4 Å². The van der Waals surface area contributed by atoms with Crippen molar-refractivity contribution in [2.75, 3.05) is 26.4 Å². The summed E-state index contributed by atoms with van der Waals surface area (Å²) in [6.45, 7) is 1.74. The maximum Gasteiger partial charge on any atom is 0.220 e. The van der Waals surface area contributed by atoms with Gasteiger partial charge >= 0.3 is 0 Å². The Morgan fingerprint density at radius 2 is 0.633 bits per heavy atom. The number of amides is 1. The van der Waals surface area contributed by atoms with Gasteiger partial charge in [-0.15, -0.1) is 0 Å². The molecule has 17 unspecified atom stereocenters. The molecule has 0 aromatic carbocycles. The van der Waals surface area contributed by atoms with Crippen molar-refractivity contribution in [3.05, 3.63) is 72.9 Å². The van der Waals surface area contributed by atoms with Gasteiger partial charge in [-0.25, -0.2) is 0 Å². The molecule has 19 heteroatoms. The van der Waals surface area contributed by atoms with Gasteiger partial charge in [0.25, 0.3) is 0 Å². The summed E-state index contributed by atoms with van der Waals surface area (Å²) in [7, 11) is 0. The van der Waals surface area contributed by atoms with E-state index in [-0.39, 0.29) is 18.9 Å². The fourth-order valence-electron chi connectivity index (χ4n) is 15.0. The summed E-state index contributed by atoms with van der Waals surface area (Å²) in [5.41, 5.74) is 0. The van der Waals surface area contributed by atoms with Crippen LogP contribution in [-0.2, 0) is 33.2 Å². The second kappa shape index (κ2) is 69.5. The van der Waals surface area contributed by atoms with Crippen LogP contribution in [0.4, 0.5) is 0 Å². The third-order valence-corrected chi connectivity index (χ3v) is 22.0. The van der Waals surface area contributed by atoms with Gasteiger partial charge in [0, 0.05) is 6.42 Å². The van der Waals surface area contributed by atoms with Crippen molar-refractivity contribution >= 4 is 5.91 Å². The summed E-state index contributed by atoms with van der Waals surface area (Å²) in [5.74, 6) is -0.238. The van der Waals surface area contributed by atoms with Crippen LogP contribution >= 0.6 is 0 Å². The van der Waals surface area contributed by atoms with Crippen molar-refractivity contribution in [3.8, 4) is 0 Å². The average molecular weight is 1550 g/mol. The molecule has 0 spiro atoms. The molecule has 0 saturated carbocycles. The lowest BCUT2D eigenvalue weighted by atomic mass is 9.96. The molecule has 3 saturated heterocycles. The lowest BCUT2D eigenvalue weighted by molar-refractivity contribution is -0.379. The molecule has 0 aromatic heterocycles. The maximum absolute atomic E-state index is 13.5. The van der Waals surface area contributed by atoms with Gasteiger partial charge in [-0.1, -0.05) is 363 Å². The SMILES string of the molecule is CC/C=C\C/C=C\C/C=C\C/C=C\C/C=C\C/C=C\CCCCCCCCCCCCCCCCCCCCC(=O)NC(COC1OC(CO)C(OC2OC(CO)C(OC3OC(CO)C(O)C(O)C3O)C(O)C2O)C(O)C1O)C(O)CCCCCCCCCCCCCCCCCCCCCCCCCCCCC. The van der Waals surface area contributed by atoms with Crippen LogP contribution in [0.25, 0.3) is 0 Å². The van der Waals surface area contributed by atoms with E-state index in [1.54, 1.807) is 0 Å². The van der Waals surface area contributed by atoms with E-state index >= 15 is 0 Å². The molecule has 0 radical (unpaired) electrons. The second-order valence-corrected chi connectivity index (χ2v) is 31.7. The van der Waals surface area contributed by atoms with Crippen LogP contribution in [0.1, 0.15) is 361 Å². The molecule has 3 aliphatic rings. The molecule has 1 amide bonds. The van der Waals surface area contributed by atoms with E-state index in [1.807, 2.05) is 0 Å². The van der Waals surface area contributed by atoms with Gasteiger partial charge in [-0.3, -0.25) is 4.79 Å². The first-order valence-electron chi connectivity index (χ1n) is 44.7. The topological polar surface area (TPSA) is 307 Å². The molecule has 3 rings (SSSR count). The standard InChI is InChI=1S/C90H163NO18/c1-3-5-7-9-11-13-15-17-19-21-23-25-27-29-31-32-33-34-35-36-37-38-39-40-42-44-46-48-50-52-54-56-58-60-62-64-66-68-78(96)91-73(74(95)67-65-63-61-59-57-55-53-51-49-47-45-43-41-30-28-26-24-22-20-18-16-14-12-10-8-6-4-2)72-104-88-84(102)81(99)86(76(70-93)106-88)109-90-85(103)82(100)87(77(71-94)107-90)108-89-83(101)80(98)79(97)75(69-92)105-89/h5,7,11,13,17,19,23,25,29,31,33-34,73-77,79-90,92-95,97-103H,3-4,6,8-10,12,14-16,18,20-22,24,26-28,30,32,35-72H2,1-2H3,(H,91,96)/b7-5-,13-11-,19-17-,25-23-,31-29-,34-33-. The Kier molecular flexibility index (Phi) is 64.1. The zero-order valence-electron chi connectivity index (χ0n) is 68.5. The Balaban J connectivity index is 1.32. The van der Waals surface area contributed by atoms with Gasteiger partial charge in [0.2, 0.25) is 5.91 Å². The number of hydrogen-bond acceptors (Lipinski definition) is 18. The van der Waals surface area contributed by atoms with E-state index in [2.05, 4.69) is 92.1 Å².